The van der Waals surface area contributed by atoms with E-state index in [0.29, 0.717) is 5.56 Å². The Morgan fingerprint density at radius 3 is 2.70 bits per heavy atom. The van der Waals surface area contributed by atoms with E-state index in [1.807, 2.05) is 13.0 Å². The van der Waals surface area contributed by atoms with Crippen LogP contribution in [0.3, 0.4) is 0 Å². The number of amides is 2. The van der Waals surface area contributed by atoms with Crippen molar-refractivity contribution in [3.05, 3.63) is 34.9 Å². The highest BCUT2D eigenvalue weighted by Crippen LogP contribution is 2.28. The van der Waals surface area contributed by atoms with Crippen LogP contribution in [0.5, 0.6) is 0 Å². The molecule has 2 atom stereocenters. The number of carbonyl (C=O) groups excluding carboxylic acids is 2. The molecule has 0 saturated carbocycles. The Balaban J connectivity index is 2.32. The molecule has 1 aliphatic heterocycles. The zero-order chi connectivity index (χ0) is 14.9. The van der Waals surface area contributed by atoms with Crippen LogP contribution in [0.2, 0.25) is 0 Å². The van der Waals surface area contributed by atoms with Crippen LogP contribution < -0.4 is 0 Å². The van der Waals surface area contributed by atoms with E-state index in [1.54, 1.807) is 12.1 Å². The number of hydrogen-bond acceptors (Lipinski definition) is 3. The topological polar surface area (TPSA) is 57.6 Å². The van der Waals surface area contributed by atoms with Gasteiger partial charge in [0.1, 0.15) is 0 Å². The third-order valence-corrected chi connectivity index (χ3v) is 4.01. The molecule has 2 unspecified atom stereocenters. The Morgan fingerprint density at radius 1 is 1.35 bits per heavy atom. The highest BCUT2D eigenvalue weighted by Gasteiger charge is 2.29. The number of fused-ring (bicyclic) bond motifs is 1. The second-order valence-electron chi connectivity index (χ2n) is 5.56. The normalized spacial score (nSPS) is 17.9. The smallest absolute Gasteiger partial charge is 0.260 e. The Hall–Kier alpha value is -1.68. The first-order chi connectivity index (χ1) is 9.45. The minimum Gasteiger partial charge on any atom is -0.388 e. The summed E-state index contributed by atoms with van der Waals surface area (Å²) in [4.78, 5) is 24.9. The van der Waals surface area contributed by atoms with Crippen molar-refractivity contribution in [2.75, 3.05) is 7.05 Å². The molecule has 0 fully saturated rings. The number of nitrogens with zero attached hydrogens (tertiary/aromatic N) is 1. The molecule has 1 N–H and O–H groups in total. The van der Waals surface area contributed by atoms with E-state index in [-0.39, 0.29) is 24.2 Å². The van der Waals surface area contributed by atoms with Crippen molar-refractivity contribution < 1.29 is 14.7 Å². The quantitative estimate of drug-likeness (QED) is 0.858. The number of rotatable bonds is 4. The lowest BCUT2D eigenvalue weighted by atomic mass is 9.89. The monoisotopic (exact) mass is 275 g/mol. The molecule has 4 nitrogen and oxygen atoms in total. The summed E-state index contributed by atoms with van der Waals surface area (Å²) in [5.41, 5.74) is 2.03. The summed E-state index contributed by atoms with van der Waals surface area (Å²) in [5.74, 6) is -0.320. The van der Waals surface area contributed by atoms with Gasteiger partial charge in [-0.05, 0) is 29.5 Å². The third-order valence-electron chi connectivity index (χ3n) is 4.01. The molecule has 20 heavy (non-hydrogen) atoms. The Bertz CT molecular complexity index is 539. The molecule has 0 spiro atoms. The molecule has 0 aromatic heterocycles. The van der Waals surface area contributed by atoms with Gasteiger partial charge in [-0.25, -0.2) is 0 Å². The minimum absolute atomic E-state index is 0.149. The Kier molecular flexibility index (Phi) is 4.23. The molecular weight excluding hydrogens is 254 g/mol. The van der Waals surface area contributed by atoms with E-state index >= 15 is 0 Å². The van der Waals surface area contributed by atoms with Gasteiger partial charge in [-0.2, -0.15) is 0 Å². The van der Waals surface area contributed by atoms with Crippen LogP contribution in [0.4, 0.5) is 0 Å². The lowest BCUT2D eigenvalue weighted by Crippen LogP contribution is -2.39. The molecule has 0 bridgehead atoms. The minimum atomic E-state index is -0.573. The van der Waals surface area contributed by atoms with E-state index in [2.05, 4.69) is 6.92 Å². The maximum absolute atomic E-state index is 12.1. The van der Waals surface area contributed by atoms with Gasteiger partial charge < -0.3 is 5.11 Å². The maximum atomic E-state index is 12.1. The van der Waals surface area contributed by atoms with E-state index in [0.717, 1.165) is 28.9 Å². The number of carbonyl (C=O) groups is 2. The molecule has 1 aliphatic rings. The summed E-state index contributed by atoms with van der Waals surface area (Å²) in [6.45, 7) is 4.09. The summed E-state index contributed by atoms with van der Waals surface area (Å²) < 4.78 is 0. The van der Waals surface area contributed by atoms with Gasteiger partial charge >= 0.3 is 0 Å². The zero-order valence-electron chi connectivity index (χ0n) is 12.2. The Morgan fingerprint density at radius 2 is 2.05 bits per heavy atom. The number of hydrogen-bond donors (Lipinski definition) is 1. The SMILES string of the molecule is CCCC(C)C(O)c1ccc2c(c1)C(=O)N(C)C(=O)C2. The van der Waals surface area contributed by atoms with Gasteiger partial charge in [0.15, 0.2) is 0 Å². The van der Waals surface area contributed by atoms with Crippen molar-refractivity contribution in [3.8, 4) is 0 Å². The largest absolute Gasteiger partial charge is 0.388 e. The number of benzene rings is 1. The van der Waals surface area contributed by atoms with Crippen LogP contribution in [0.1, 0.15) is 54.3 Å². The van der Waals surface area contributed by atoms with Crippen LogP contribution >= 0.6 is 0 Å². The van der Waals surface area contributed by atoms with E-state index in [1.165, 1.54) is 7.05 Å². The molecule has 2 rings (SSSR count). The van der Waals surface area contributed by atoms with Crippen LogP contribution in [-0.4, -0.2) is 28.9 Å². The first kappa shape index (κ1) is 14.7. The lowest BCUT2D eigenvalue weighted by Gasteiger charge is -2.25. The van der Waals surface area contributed by atoms with E-state index < -0.39 is 6.10 Å². The van der Waals surface area contributed by atoms with Crippen LogP contribution in [0.15, 0.2) is 18.2 Å². The highest BCUT2D eigenvalue weighted by molar-refractivity contribution is 6.09. The highest BCUT2D eigenvalue weighted by atomic mass is 16.3. The van der Waals surface area contributed by atoms with Crippen molar-refractivity contribution in [1.29, 1.82) is 0 Å². The van der Waals surface area contributed by atoms with Crippen molar-refractivity contribution in [3.63, 3.8) is 0 Å². The molecule has 4 heteroatoms. The first-order valence-electron chi connectivity index (χ1n) is 7.07. The first-order valence-corrected chi connectivity index (χ1v) is 7.07. The van der Waals surface area contributed by atoms with Crippen molar-refractivity contribution in [2.24, 2.45) is 5.92 Å². The Labute approximate surface area is 119 Å². The third kappa shape index (κ3) is 2.61. The fourth-order valence-electron chi connectivity index (χ4n) is 2.65. The molecular formula is C16H21NO3. The molecule has 1 heterocycles. The summed E-state index contributed by atoms with van der Waals surface area (Å²) in [5, 5.41) is 10.3. The van der Waals surface area contributed by atoms with E-state index in [9.17, 15) is 14.7 Å². The molecule has 0 aliphatic carbocycles. The molecule has 2 amide bonds. The molecule has 1 aromatic carbocycles. The van der Waals surface area contributed by atoms with Gasteiger partial charge in [0.25, 0.3) is 5.91 Å². The average Bonchev–Trinajstić information content (AvgIpc) is 2.44. The van der Waals surface area contributed by atoms with Crippen molar-refractivity contribution >= 4 is 11.8 Å². The number of imide groups is 1. The fourth-order valence-corrected chi connectivity index (χ4v) is 2.65. The number of aliphatic hydroxyl groups excluding tert-OH is 1. The molecule has 108 valence electrons. The summed E-state index contributed by atoms with van der Waals surface area (Å²) in [6.07, 6.45) is 1.62. The summed E-state index contributed by atoms with van der Waals surface area (Å²) in [7, 11) is 1.50. The zero-order valence-corrected chi connectivity index (χ0v) is 12.2. The lowest BCUT2D eigenvalue weighted by molar-refractivity contribution is -0.127. The van der Waals surface area contributed by atoms with Gasteiger partial charge in [0.05, 0.1) is 12.5 Å². The maximum Gasteiger partial charge on any atom is 0.260 e. The van der Waals surface area contributed by atoms with Crippen LogP contribution in [0, 0.1) is 5.92 Å². The number of likely N-dealkylation sites (N-methyl/N-ethyl adjacent to an activating group) is 1. The molecule has 0 radical (unpaired) electrons. The predicted octanol–water partition coefficient (Wildman–Crippen LogP) is 2.31. The molecule has 0 saturated heterocycles. The van der Waals surface area contributed by atoms with Gasteiger partial charge in [-0.15, -0.1) is 0 Å². The molecule has 1 aromatic rings. The second-order valence-corrected chi connectivity index (χ2v) is 5.56. The standard InChI is InChI=1S/C16H21NO3/c1-4-5-10(2)15(19)12-7-6-11-9-14(18)17(3)16(20)13(11)8-12/h6-8,10,15,19H,4-5,9H2,1-3H3. The van der Waals surface area contributed by atoms with Gasteiger partial charge in [-0.1, -0.05) is 32.4 Å². The van der Waals surface area contributed by atoms with Crippen molar-refractivity contribution in [2.45, 2.75) is 39.2 Å². The summed E-state index contributed by atoms with van der Waals surface area (Å²) >= 11 is 0. The van der Waals surface area contributed by atoms with E-state index in [4.69, 9.17) is 0 Å². The average molecular weight is 275 g/mol. The number of aliphatic hydroxyl groups is 1. The van der Waals surface area contributed by atoms with Gasteiger partial charge in [0, 0.05) is 12.6 Å². The summed E-state index contributed by atoms with van der Waals surface area (Å²) in [6, 6.07) is 5.34. The second kappa shape index (κ2) is 5.75. The predicted molar refractivity (Wildman–Crippen MR) is 76.3 cm³/mol. The van der Waals surface area contributed by atoms with Crippen LogP contribution in [-0.2, 0) is 11.2 Å². The van der Waals surface area contributed by atoms with Crippen LogP contribution in [0.25, 0.3) is 0 Å². The fraction of sp³-hybridized carbons (Fsp3) is 0.500. The van der Waals surface area contributed by atoms with Gasteiger partial charge in [-0.3, -0.25) is 14.5 Å². The van der Waals surface area contributed by atoms with Gasteiger partial charge in [0.2, 0.25) is 5.91 Å². The van der Waals surface area contributed by atoms with Crippen molar-refractivity contribution in [1.82, 2.24) is 4.90 Å².